The molecule has 0 bridgehead atoms. The summed E-state index contributed by atoms with van der Waals surface area (Å²) in [5.41, 5.74) is 1.33. The number of halogens is 2. The Bertz CT molecular complexity index is 508. The van der Waals surface area contributed by atoms with Gasteiger partial charge in [-0.05, 0) is 54.4 Å². The largest absolute Gasteiger partial charge is 0.481 e. The molecule has 0 saturated carbocycles. The molecular formula is C14H17BrClNO3. The van der Waals surface area contributed by atoms with Gasteiger partial charge < -0.3 is 10.0 Å². The SMILES string of the molecule is Cc1cc(C(=O)N(CCC(=O)O)C(C)C)cc(Cl)c1Br. The van der Waals surface area contributed by atoms with E-state index in [2.05, 4.69) is 15.9 Å². The van der Waals surface area contributed by atoms with Gasteiger partial charge in [-0.1, -0.05) is 11.6 Å². The lowest BCUT2D eigenvalue weighted by Gasteiger charge is -2.26. The van der Waals surface area contributed by atoms with Crippen LogP contribution >= 0.6 is 27.5 Å². The third kappa shape index (κ3) is 4.21. The number of aliphatic carboxylic acids is 1. The van der Waals surface area contributed by atoms with E-state index >= 15 is 0 Å². The van der Waals surface area contributed by atoms with Gasteiger partial charge >= 0.3 is 5.97 Å². The third-order valence-electron chi connectivity index (χ3n) is 2.91. The minimum Gasteiger partial charge on any atom is -0.481 e. The van der Waals surface area contributed by atoms with Crippen LogP contribution in [0.5, 0.6) is 0 Å². The molecule has 0 aliphatic rings. The van der Waals surface area contributed by atoms with Crippen molar-refractivity contribution in [2.75, 3.05) is 6.54 Å². The van der Waals surface area contributed by atoms with Crippen molar-refractivity contribution in [3.05, 3.63) is 32.8 Å². The Morgan fingerprint density at radius 3 is 2.45 bits per heavy atom. The van der Waals surface area contributed by atoms with E-state index in [1.807, 2.05) is 20.8 Å². The molecule has 6 heteroatoms. The highest BCUT2D eigenvalue weighted by molar-refractivity contribution is 9.10. The summed E-state index contributed by atoms with van der Waals surface area (Å²) < 4.78 is 0.761. The van der Waals surface area contributed by atoms with Gasteiger partial charge in [0.05, 0.1) is 11.4 Å². The monoisotopic (exact) mass is 361 g/mol. The summed E-state index contributed by atoms with van der Waals surface area (Å²) >= 11 is 9.41. The quantitative estimate of drug-likeness (QED) is 0.868. The molecule has 0 saturated heterocycles. The second-order valence-electron chi connectivity index (χ2n) is 4.82. The Balaban J connectivity index is 3.03. The van der Waals surface area contributed by atoms with Crippen molar-refractivity contribution in [1.82, 2.24) is 4.90 Å². The fourth-order valence-electron chi connectivity index (χ4n) is 1.83. The highest BCUT2D eigenvalue weighted by Crippen LogP contribution is 2.28. The number of hydrogen-bond donors (Lipinski definition) is 1. The molecule has 0 aromatic heterocycles. The van der Waals surface area contributed by atoms with Crippen molar-refractivity contribution >= 4 is 39.4 Å². The van der Waals surface area contributed by atoms with Gasteiger partial charge in [-0.2, -0.15) is 0 Å². The van der Waals surface area contributed by atoms with Crippen LogP contribution < -0.4 is 0 Å². The lowest BCUT2D eigenvalue weighted by Crippen LogP contribution is -2.38. The van der Waals surface area contributed by atoms with Crippen molar-refractivity contribution in [3.8, 4) is 0 Å². The summed E-state index contributed by atoms with van der Waals surface area (Å²) in [7, 11) is 0. The van der Waals surface area contributed by atoms with Crippen LogP contribution in [0.25, 0.3) is 0 Å². The van der Waals surface area contributed by atoms with Crippen LogP contribution in [0.2, 0.25) is 5.02 Å². The summed E-state index contributed by atoms with van der Waals surface area (Å²) in [5.74, 6) is -1.13. The van der Waals surface area contributed by atoms with Crippen molar-refractivity contribution in [2.45, 2.75) is 33.2 Å². The zero-order valence-corrected chi connectivity index (χ0v) is 14.0. The molecule has 1 N–H and O–H groups in total. The van der Waals surface area contributed by atoms with Gasteiger partial charge in [-0.25, -0.2) is 0 Å². The number of rotatable bonds is 5. The molecule has 20 heavy (non-hydrogen) atoms. The molecule has 0 spiro atoms. The highest BCUT2D eigenvalue weighted by Gasteiger charge is 2.20. The number of carbonyl (C=O) groups excluding carboxylic acids is 1. The molecule has 0 heterocycles. The van der Waals surface area contributed by atoms with E-state index in [0.717, 1.165) is 10.0 Å². The standard InChI is InChI=1S/C14H17BrClNO3/c1-8(2)17(5-4-12(18)19)14(20)10-6-9(3)13(15)11(16)7-10/h6-8H,4-5H2,1-3H3,(H,18,19). The van der Waals surface area contributed by atoms with Crippen molar-refractivity contribution in [3.63, 3.8) is 0 Å². The maximum atomic E-state index is 12.5. The Morgan fingerprint density at radius 2 is 2.00 bits per heavy atom. The van der Waals surface area contributed by atoms with E-state index in [1.165, 1.54) is 4.90 Å². The number of hydrogen-bond acceptors (Lipinski definition) is 2. The van der Waals surface area contributed by atoms with Gasteiger partial charge in [-0.15, -0.1) is 0 Å². The van der Waals surface area contributed by atoms with Crippen LogP contribution in [0.15, 0.2) is 16.6 Å². The number of nitrogens with zero attached hydrogens (tertiary/aromatic N) is 1. The smallest absolute Gasteiger partial charge is 0.305 e. The van der Waals surface area contributed by atoms with Crippen LogP contribution in [0.3, 0.4) is 0 Å². The van der Waals surface area contributed by atoms with Crippen LogP contribution in [-0.2, 0) is 4.79 Å². The Hall–Kier alpha value is -1.07. The van der Waals surface area contributed by atoms with Crippen LogP contribution in [-0.4, -0.2) is 34.5 Å². The average molecular weight is 363 g/mol. The predicted molar refractivity (Wildman–Crippen MR) is 82.3 cm³/mol. The number of carboxylic acid groups (broad SMARTS) is 1. The number of carbonyl (C=O) groups is 2. The van der Waals surface area contributed by atoms with Gasteiger partial charge in [0.15, 0.2) is 0 Å². The van der Waals surface area contributed by atoms with Gasteiger partial charge in [0, 0.05) is 22.6 Å². The first-order valence-corrected chi connectivity index (χ1v) is 7.39. The molecular weight excluding hydrogens is 346 g/mol. The molecule has 1 aromatic rings. The lowest BCUT2D eigenvalue weighted by molar-refractivity contribution is -0.137. The fourth-order valence-corrected chi connectivity index (χ4v) is 2.32. The topological polar surface area (TPSA) is 57.6 Å². The predicted octanol–water partition coefficient (Wildman–Crippen LogP) is 3.74. The van der Waals surface area contributed by atoms with Gasteiger partial charge in [0.1, 0.15) is 0 Å². The first-order chi connectivity index (χ1) is 9.23. The Labute approximate surface area is 131 Å². The lowest BCUT2D eigenvalue weighted by atomic mass is 10.1. The summed E-state index contributed by atoms with van der Waals surface area (Å²) in [6, 6.07) is 3.26. The minimum absolute atomic E-state index is 0.0762. The molecule has 110 valence electrons. The summed E-state index contributed by atoms with van der Waals surface area (Å²) in [4.78, 5) is 24.7. The zero-order chi connectivity index (χ0) is 15.4. The number of aryl methyl sites for hydroxylation is 1. The van der Waals surface area contributed by atoms with Crippen molar-refractivity contribution < 1.29 is 14.7 Å². The second kappa shape index (κ2) is 7.09. The molecule has 0 radical (unpaired) electrons. The molecule has 0 fully saturated rings. The molecule has 0 aliphatic carbocycles. The second-order valence-corrected chi connectivity index (χ2v) is 6.03. The first-order valence-electron chi connectivity index (χ1n) is 6.22. The fraction of sp³-hybridized carbons (Fsp3) is 0.429. The van der Waals surface area contributed by atoms with E-state index < -0.39 is 5.97 Å². The Kier molecular flexibility index (Phi) is 6.02. The maximum absolute atomic E-state index is 12.5. The number of carboxylic acids is 1. The summed E-state index contributed by atoms with van der Waals surface area (Å²) in [6.45, 7) is 5.74. The van der Waals surface area contributed by atoms with E-state index in [0.29, 0.717) is 10.6 Å². The maximum Gasteiger partial charge on any atom is 0.305 e. The summed E-state index contributed by atoms with van der Waals surface area (Å²) in [6.07, 6.45) is -0.0762. The van der Waals surface area contributed by atoms with E-state index in [9.17, 15) is 9.59 Å². The molecule has 0 aliphatic heterocycles. The van der Waals surface area contributed by atoms with E-state index in [-0.39, 0.29) is 24.9 Å². The van der Waals surface area contributed by atoms with Crippen molar-refractivity contribution in [2.24, 2.45) is 0 Å². The molecule has 1 amide bonds. The average Bonchev–Trinajstić information content (AvgIpc) is 2.34. The number of benzene rings is 1. The Morgan fingerprint density at radius 1 is 1.40 bits per heavy atom. The van der Waals surface area contributed by atoms with Crippen molar-refractivity contribution in [1.29, 1.82) is 0 Å². The van der Waals surface area contributed by atoms with Gasteiger partial charge in [0.25, 0.3) is 5.91 Å². The van der Waals surface area contributed by atoms with Crippen LogP contribution in [0, 0.1) is 6.92 Å². The van der Waals surface area contributed by atoms with Gasteiger partial charge in [-0.3, -0.25) is 9.59 Å². The molecule has 0 atom stereocenters. The number of amides is 1. The zero-order valence-electron chi connectivity index (χ0n) is 11.6. The normalized spacial score (nSPS) is 10.7. The molecule has 1 rings (SSSR count). The molecule has 0 unspecified atom stereocenters. The van der Waals surface area contributed by atoms with Crippen LogP contribution in [0.1, 0.15) is 36.2 Å². The minimum atomic E-state index is -0.923. The van der Waals surface area contributed by atoms with E-state index in [1.54, 1.807) is 12.1 Å². The van der Waals surface area contributed by atoms with E-state index in [4.69, 9.17) is 16.7 Å². The third-order valence-corrected chi connectivity index (χ3v) is 4.49. The van der Waals surface area contributed by atoms with Crippen LogP contribution in [0.4, 0.5) is 0 Å². The van der Waals surface area contributed by atoms with Gasteiger partial charge in [0.2, 0.25) is 0 Å². The summed E-state index contributed by atoms with van der Waals surface area (Å²) in [5, 5.41) is 9.22. The molecule has 4 nitrogen and oxygen atoms in total. The molecule has 1 aromatic carbocycles. The first kappa shape index (κ1) is 17.0. The highest BCUT2D eigenvalue weighted by atomic mass is 79.9.